The first-order chi connectivity index (χ1) is 6.22. The number of anilines is 1. The minimum atomic E-state index is 0.570. The minimum Gasteiger partial charge on any atom is -0.360 e. The van der Waals surface area contributed by atoms with Crippen LogP contribution < -0.4 is 4.90 Å². The van der Waals surface area contributed by atoms with Gasteiger partial charge in [-0.1, -0.05) is 0 Å². The molecule has 0 bridgehead atoms. The van der Waals surface area contributed by atoms with Gasteiger partial charge in [0.05, 0.1) is 0 Å². The van der Waals surface area contributed by atoms with Crippen molar-refractivity contribution in [3.8, 4) is 6.07 Å². The predicted molar refractivity (Wildman–Crippen MR) is 49.6 cm³/mol. The zero-order valence-corrected chi connectivity index (χ0v) is 7.83. The van der Waals surface area contributed by atoms with E-state index in [1.807, 2.05) is 19.0 Å². The Labute approximate surface area is 77.2 Å². The highest BCUT2D eigenvalue weighted by molar-refractivity contribution is 5.50. The first-order valence-electron chi connectivity index (χ1n) is 4.39. The Bertz CT molecular complexity index is 354. The van der Waals surface area contributed by atoms with Gasteiger partial charge in [-0.05, 0) is 12.8 Å². The highest BCUT2D eigenvalue weighted by Gasteiger charge is 2.28. The molecule has 0 saturated heterocycles. The third-order valence-electron chi connectivity index (χ3n) is 2.20. The van der Waals surface area contributed by atoms with Crippen molar-refractivity contribution in [1.82, 2.24) is 9.97 Å². The van der Waals surface area contributed by atoms with Crippen molar-refractivity contribution < 1.29 is 0 Å². The fourth-order valence-corrected chi connectivity index (χ4v) is 1.33. The van der Waals surface area contributed by atoms with Crippen LogP contribution >= 0.6 is 0 Å². The van der Waals surface area contributed by atoms with E-state index in [0.29, 0.717) is 11.6 Å². The molecule has 1 saturated carbocycles. The van der Waals surface area contributed by atoms with Crippen LogP contribution in [0.25, 0.3) is 0 Å². The molecule has 68 valence electrons. The van der Waals surface area contributed by atoms with Crippen LogP contribution in [-0.2, 0) is 0 Å². The van der Waals surface area contributed by atoms with Gasteiger partial charge in [0, 0.05) is 20.0 Å². The molecule has 0 radical (unpaired) electrons. The number of nitriles is 1. The van der Waals surface area contributed by atoms with Crippen molar-refractivity contribution >= 4 is 5.82 Å². The van der Waals surface area contributed by atoms with Crippen LogP contribution in [0.2, 0.25) is 0 Å². The molecular weight excluding hydrogens is 164 g/mol. The Morgan fingerprint density at radius 2 is 2.23 bits per heavy atom. The predicted octanol–water partition coefficient (Wildman–Crippen LogP) is 1.22. The first-order valence-corrected chi connectivity index (χ1v) is 4.39. The zero-order valence-electron chi connectivity index (χ0n) is 7.83. The molecule has 1 aromatic heterocycles. The first kappa shape index (κ1) is 8.11. The molecule has 1 aliphatic rings. The van der Waals surface area contributed by atoms with Gasteiger partial charge >= 0.3 is 0 Å². The van der Waals surface area contributed by atoms with Crippen molar-refractivity contribution in [3.63, 3.8) is 0 Å². The fourth-order valence-electron chi connectivity index (χ4n) is 1.33. The van der Waals surface area contributed by atoms with E-state index in [0.717, 1.165) is 11.6 Å². The molecule has 0 atom stereocenters. The monoisotopic (exact) mass is 176 g/mol. The summed E-state index contributed by atoms with van der Waals surface area (Å²) in [6, 6.07) is 2.12. The molecule has 0 aromatic carbocycles. The van der Waals surface area contributed by atoms with Crippen molar-refractivity contribution in [3.05, 3.63) is 11.5 Å². The number of H-pyrrole nitrogens is 1. The fraction of sp³-hybridized carbons (Fsp3) is 0.556. The molecule has 4 heteroatoms. The van der Waals surface area contributed by atoms with Gasteiger partial charge in [0.25, 0.3) is 0 Å². The van der Waals surface area contributed by atoms with E-state index < -0.39 is 0 Å². The van der Waals surface area contributed by atoms with Gasteiger partial charge in [-0.15, -0.1) is 0 Å². The van der Waals surface area contributed by atoms with Crippen molar-refractivity contribution in [1.29, 1.82) is 5.26 Å². The van der Waals surface area contributed by atoms with Gasteiger partial charge in [0.2, 0.25) is 0 Å². The zero-order chi connectivity index (χ0) is 9.42. The lowest BCUT2D eigenvalue weighted by molar-refractivity contribution is 0.964. The number of hydrogen-bond acceptors (Lipinski definition) is 3. The van der Waals surface area contributed by atoms with Gasteiger partial charge in [0.15, 0.2) is 11.5 Å². The molecular formula is C9H12N4. The van der Waals surface area contributed by atoms with Crippen molar-refractivity contribution in [2.45, 2.75) is 18.8 Å². The van der Waals surface area contributed by atoms with E-state index in [1.165, 1.54) is 12.8 Å². The SMILES string of the molecule is CN(C)c1nc(C2CC2)[nH]c1C#N. The second kappa shape index (κ2) is 2.77. The average Bonchev–Trinajstić information content (AvgIpc) is 2.84. The van der Waals surface area contributed by atoms with Gasteiger partial charge in [-0.2, -0.15) is 5.26 Å². The Kier molecular flexibility index (Phi) is 1.73. The quantitative estimate of drug-likeness (QED) is 0.737. The maximum Gasteiger partial charge on any atom is 0.165 e. The number of rotatable bonds is 2. The van der Waals surface area contributed by atoms with E-state index in [4.69, 9.17) is 5.26 Å². The molecule has 2 rings (SSSR count). The molecule has 1 aromatic rings. The Morgan fingerprint density at radius 3 is 2.62 bits per heavy atom. The summed E-state index contributed by atoms with van der Waals surface area (Å²) < 4.78 is 0. The van der Waals surface area contributed by atoms with E-state index in [-0.39, 0.29) is 0 Å². The second-order valence-electron chi connectivity index (χ2n) is 3.60. The topological polar surface area (TPSA) is 55.7 Å². The van der Waals surface area contributed by atoms with Crippen LogP contribution in [0, 0.1) is 11.3 Å². The standard InChI is InChI=1S/C9H12N4/c1-13(2)9-7(5-10)11-8(12-9)6-3-4-6/h6H,3-4H2,1-2H3,(H,11,12). The average molecular weight is 176 g/mol. The van der Waals surface area contributed by atoms with E-state index >= 15 is 0 Å². The largest absolute Gasteiger partial charge is 0.360 e. The van der Waals surface area contributed by atoms with Crippen molar-refractivity contribution in [2.24, 2.45) is 0 Å². The molecule has 1 heterocycles. The van der Waals surface area contributed by atoms with Crippen LogP contribution in [0.4, 0.5) is 5.82 Å². The Balaban J connectivity index is 2.37. The summed E-state index contributed by atoms with van der Waals surface area (Å²) in [5, 5.41) is 8.83. The van der Waals surface area contributed by atoms with Gasteiger partial charge in [-0.3, -0.25) is 0 Å². The molecule has 0 amide bonds. The van der Waals surface area contributed by atoms with Crippen LogP contribution in [0.3, 0.4) is 0 Å². The highest BCUT2D eigenvalue weighted by atomic mass is 15.2. The number of imidazole rings is 1. The second-order valence-corrected chi connectivity index (χ2v) is 3.60. The molecule has 4 nitrogen and oxygen atoms in total. The molecule has 1 aliphatic carbocycles. The summed E-state index contributed by atoms with van der Waals surface area (Å²) in [5.74, 6) is 2.30. The lowest BCUT2D eigenvalue weighted by atomic mass is 10.4. The summed E-state index contributed by atoms with van der Waals surface area (Å²) in [6.07, 6.45) is 2.40. The van der Waals surface area contributed by atoms with Gasteiger partial charge in [0.1, 0.15) is 11.9 Å². The number of aromatic nitrogens is 2. The normalized spacial score (nSPS) is 15.5. The Morgan fingerprint density at radius 1 is 1.54 bits per heavy atom. The van der Waals surface area contributed by atoms with Crippen LogP contribution in [0.1, 0.15) is 30.3 Å². The Hall–Kier alpha value is -1.50. The summed E-state index contributed by atoms with van der Waals surface area (Å²) in [5.41, 5.74) is 0.576. The summed E-state index contributed by atoms with van der Waals surface area (Å²) in [6.45, 7) is 0. The van der Waals surface area contributed by atoms with E-state index in [2.05, 4.69) is 16.0 Å². The van der Waals surface area contributed by atoms with Crippen LogP contribution in [0.5, 0.6) is 0 Å². The summed E-state index contributed by atoms with van der Waals surface area (Å²) >= 11 is 0. The maximum atomic E-state index is 8.83. The smallest absolute Gasteiger partial charge is 0.165 e. The van der Waals surface area contributed by atoms with E-state index in [9.17, 15) is 0 Å². The molecule has 1 fully saturated rings. The summed E-state index contributed by atoms with van der Waals surface area (Å²) in [7, 11) is 3.79. The molecule has 0 unspecified atom stereocenters. The number of aromatic amines is 1. The maximum absolute atomic E-state index is 8.83. The number of hydrogen-bond donors (Lipinski definition) is 1. The highest BCUT2D eigenvalue weighted by Crippen LogP contribution is 2.39. The molecule has 0 aliphatic heterocycles. The third kappa shape index (κ3) is 1.37. The van der Waals surface area contributed by atoms with E-state index in [1.54, 1.807) is 0 Å². The lowest BCUT2D eigenvalue weighted by Gasteiger charge is -2.06. The summed E-state index contributed by atoms with van der Waals surface area (Å²) in [4.78, 5) is 9.31. The lowest BCUT2D eigenvalue weighted by Crippen LogP contribution is -2.10. The third-order valence-corrected chi connectivity index (χ3v) is 2.20. The minimum absolute atomic E-state index is 0.570. The number of nitrogens with zero attached hydrogens (tertiary/aromatic N) is 3. The number of nitrogens with one attached hydrogen (secondary N) is 1. The van der Waals surface area contributed by atoms with Crippen molar-refractivity contribution in [2.75, 3.05) is 19.0 Å². The molecule has 1 N–H and O–H groups in total. The van der Waals surface area contributed by atoms with Gasteiger partial charge in [-0.25, -0.2) is 4.98 Å². The van der Waals surface area contributed by atoms with Crippen LogP contribution in [0.15, 0.2) is 0 Å². The van der Waals surface area contributed by atoms with Gasteiger partial charge < -0.3 is 9.88 Å². The molecule has 13 heavy (non-hydrogen) atoms. The van der Waals surface area contributed by atoms with Crippen LogP contribution in [-0.4, -0.2) is 24.1 Å². The molecule has 0 spiro atoms.